The van der Waals surface area contributed by atoms with E-state index in [1.807, 2.05) is 38.1 Å². The molecule has 3 rings (SSSR count). The first-order chi connectivity index (χ1) is 12.6. The number of hydrogen-bond acceptors (Lipinski definition) is 6. The summed E-state index contributed by atoms with van der Waals surface area (Å²) in [6.45, 7) is 3.71. The molecule has 3 N–H and O–H groups in total. The van der Waals surface area contributed by atoms with Gasteiger partial charge in [-0.05, 0) is 44.2 Å². The van der Waals surface area contributed by atoms with E-state index in [9.17, 15) is 4.79 Å². The van der Waals surface area contributed by atoms with E-state index in [1.165, 1.54) is 0 Å². The van der Waals surface area contributed by atoms with Crippen LogP contribution in [0.15, 0.2) is 71.0 Å². The van der Waals surface area contributed by atoms with Gasteiger partial charge in [-0.1, -0.05) is 0 Å². The number of rotatable bonds is 4. The molecular formula is C19H18N6O. The van der Waals surface area contributed by atoms with Crippen LogP contribution in [0.2, 0.25) is 0 Å². The van der Waals surface area contributed by atoms with E-state index in [0.717, 1.165) is 28.9 Å². The van der Waals surface area contributed by atoms with Crippen LogP contribution < -0.4 is 10.6 Å². The standard InChI is InChI=1S/C19H18N6O/c1-12-9-13(2)24-18(23-12)16(10-20)19(26)25-15-3-4-17(22-11-15)14-5-7-21-8-6-14/h3-11,20,23H,1-2H3,(H,25,26)/b18-16-,20-10?. The quantitative estimate of drug-likeness (QED) is 0.585. The molecule has 0 bridgehead atoms. The number of anilines is 1. The van der Waals surface area contributed by atoms with Crippen LogP contribution in [0.1, 0.15) is 13.8 Å². The molecule has 26 heavy (non-hydrogen) atoms. The van der Waals surface area contributed by atoms with E-state index in [4.69, 9.17) is 5.41 Å². The number of allylic oxidation sites excluding steroid dienone is 2. The van der Waals surface area contributed by atoms with Crippen molar-refractivity contribution >= 4 is 23.5 Å². The van der Waals surface area contributed by atoms with Crippen LogP contribution in [0.25, 0.3) is 11.3 Å². The monoisotopic (exact) mass is 346 g/mol. The molecule has 0 aromatic carbocycles. The molecule has 2 aromatic heterocycles. The molecule has 1 aliphatic heterocycles. The van der Waals surface area contributed by atoms with Gasteiger partial charge in [0, 0.05) is 35.6 Å². The molecule has 0 spiro atoms. The molecule has 0 aliphatic carbocycles. The van der Waals surface area contributed by atoms with E-state index in [-0.39, 0.29) is 5.57 Å². The fourth-order valence-corrected chi connectivity index (χ4v) is 2.50. The summed E-state index contributed by atoms with van der Waals surface area (Å²) in [5, 5.41) is 13.3. The Morgan fingerprint density at radius 1 is 1.19 bits per heavy atom. The van der Waals surface area contributed by atoms with Crippen molar-refractivity contribution < 1.29 is 4.79 Å². The number of nitrogens with zero attached hydrogens (tertiary/aromatic N) is 3. The van der Waals surface area contributed by atoms with Gasteiger partial charge in [0.2, 0.25) is 0 Å². The van der Waals surface area contributed by atoms with Crippen molar-refractivity contribution in [2.24, 2.45) is 4.99 Å². The maximum absolute atomic E-state index is 12.5. The van der Waals surface area contributed by atoms with Crippen molar-refractivity contribution in [1.82, 2.24) is 15.3 Å². The number of nitrogens with one attached hydrogen (secondary N) is 3. The zero-order valence-corrected chi connectivity index (χ0v) is 14.4. The van der Waals surface area contributed by atoms with Gasteiger partial charge < -0.3 is 16.0 Å². The van der Waals surface area contributed by atoms with Crippen molar-refractivity contribution in [2.45, 2.75) is 13.8 Å². The molecule has 0 fully saturated rings. The second kappa shape index (κ2) is 7.52. The molecule has 7 heteroatoms. The van der Waals surface area contributed by atoms with Gasteiger partial charge in [0.05, 0.1) is 23.2 Å². The highest BCUT2D eigenvalue weighted by atomic mass is 16.1. The first kappa shape index (κ1) is 17.2. The third-order valence-electron chi connectivity index (χ3n) is 3.67. The van der Waals surface area contributed by atoms with E-state index in [2.05, 4.69) is 25.6 Å². The Kier molecular flexibility index (Phi) is 4.98. The van der Waals surface area contributed by atoms with E-state index < -0.39 is 5.91 Å². The van der Waals surface area contributed by atoms with E-state index >= 15 is 0 Å². The van der Waals surface area contributed by atoms with Gasteiger partial charge in [0.25, 0.3) is 5.91 Å². The molecule has 1 aliphatic rings. The molecular weight excluding hydrogens is 328 g/mol. The molecule has 0 atom stereocenters. The molecule has 0 radical (unpaired) electrons. The summed E-state index contributed by atoms with van der Waals surface area (Å²) in [7, 11) is 0. The highest BCUT2D eigenvalue weighted by molar-refractivity contribution is 6.18. The summed E-state index contributed by atoms with van der Waals surface area (Å²) in [4.78, 5) is 25.2. The van der Waals surface area contributed by atoms with Crippen LogP contribution in [0.3, 0.4) is 0 Å². The van der Waals surface area contributed by atoms with Crippen LogP contribution in [0.5, 0.6) is 0 Å². The number of pyridine rings is 2. The molecule has 3 heterocycles. The lowest BCUT2D eigenvalue weighted by Crippen LogP contribution is -2.24. The first-order valence-electron chi connectivity index (χ1n) is 8.00. The largest absolute Gasteiger partial charge is 0.343 e. The van der Waals surface area contributed by atoms with Gasteiger partial charge in [0.15, 0.2) is 0 Å². The summed E-state index contributed by atoms with van der Waals surface area (Å²) in [6, 6.07) is 7.31. The maximum atomic E-state index is 12.5. The highest BCUT2D eigenvalue weighted by Gasteiger charge is 2.16. The zero-order valence-electron chi connectivity index (χ0n) is 14.4. The van der Waals surface area contributed by atoms with Gasteiger partial charge in [-0.15, -0.1) is 0 Å². The smallest absolute Gasteiger partial charge is 0.261 e. The Hall–Kier alpha value is -3.61. The molecule has 0 unspecified atom stereocenters. The fourth-order valence-electron chi connectivity index (χ4n) is 2.50. The molecule has 1 amide bonds. The predicted molar refractivity (Wildman–Crippen MR) is 102 cm³/mol. The topological polar surface area (TPSA) is 103 Å². The molecule has 2 aromatic rings. The van der Waals surface area contributed by atoms with Crippen LogP contribution in [0.4, 0.5) is 5.69 Å². The Morgan fingerprint density at radius 3 is 2.58 bits per heavy atom. The van der Waals surface area contributed by atoms with Crippen LogP contribution >= 0.6 is 0 Å². The summed E-state index contributed by atoms with van der Waals surface area (Å²) in [6.07, 6.45) is 7.83. The Labute approximate surface area is 151 Å². The van der Waals surface area contributed by atoms with Gasteiger partial charge in [-0.3, -0.25) is 14.8 Å². The molecule has 130 valence electrons. The maximum Gasteiger partial charge on any atom is 0.261 e. The molecule has 0 saturated carbocycles. The van der Waals surface area contributed by atoms with Crippen LogP contribution in [-0.2, 0) is 4.79 Å². The van der Waals surface area contributed by atoms with Crippen molar-refractivity contribution in [2.75, 3.05) is 5.32 Å². The third-order valence-corrected chi connectivity index (χ3v) is 3.67. The zero-order chi connectivity index (χ0) is 18.5. The fraction of sp³-hybridized carbons (Fsp3) is 0.105. The van der Waals surface area contributed by atoms with Crippen LogP contribution in [0, 0.1) is 5.41 Å². The Bertz CT molecular complexity index is 926. The number of amides is 1. The Balaban J connectivity index is 1.79. The summed E-state index contributed by atoms with van der Waals surface area (Å²) >= 11 is 0. The SMILES string of the molecule is CC1=CC(C)=N/C(=C(/C=N)C(=O)Nc2ccc(-c3ccncc3)nc2)N1. The van der Waals surface area contributed by atoms with Crippen molar-refractivity contribution in [3.63, 3.8) is 0 Å². The Morgan fingerprint density at radius 2 is 1.96 bits per heavy atom. The van der Waals surface area contributed by atoms with Crippen LogP contribution in [-0.4, -0.2) is 27.8 Å². The van der Waals surface area contributed by atoms with Gasteiger partial charge in [-0.2, -0.15) is 0 Å². The number of hydrogen-bond donors (Lipinski definition) is 3. The molecule has 0 saturated heterocycles. The number of aromatic nitrogens is 2. The first-order valence-corrected chi connectivity index (χ1v) is 8.00. The number of carbonyl (C=O) groups is 1. The summed E-state index contributed by atoms with van der Waals surface area (Å²) < 4.78 is 0. The average Bonchev–Trinajstić information content (AvgIpc) is 2.63. The lowest BCUT2D eigenvalue weighted by Gasteiger charge is -2.16. The highest BCUT2D eigenvalue weighted by Crippen LogP contribution is 2.18. The average molecular weight is 346 g/mol. The third kappa shape index (κ3) is 3.89. The molecule has 7 nitrogen and oxygen atoms in total. The minimum Gasteiger partial charge on any atom is -0.343 e. The predicted octanol–water partition coefficient (Wildman–Crippen LogP) is 2.91. The summed E-state index contributed by atoms with van der Waals surface area (Å²) in [5.74, 6) is -0.0661. The number of carbonyl (C=O) groups excluding carboxylic acids is 1. The second-order valence-corrected chi connectivity index (χ2v) is 5.73. The summed E-state index contributed by atoms with van der Waals surface area (Å²) in [5.41, 5.74) is 4.05. The van der Waals surface area contributed by atoms with Crippen molar-refractivity contribution in [3.8, 4) is 11.3 Å². The lowest BCUT2D eigenvalue weighted by molar-refractivity contribution is -0.112. The van der Waals surface area contributed by atoms with Gasteiger partial charge >= 0.3 is 0 Å². The van der Waals surface area contributed by atoms with Gasteiger partial charge in [-0.25, -0.2) is 4.99 Å². The normalized spacial score (nSPS) is 15.3. The van der Waals surface area contributed by atoms with E-state index in [0.29, 0.717) is 11.5 Å². The minimum atomic E-state index is -0.424. The minimum absolute atomic E-state index is 0.148. The van der Waals surface area contributed by atoms with Gasteiger partial charge in [0.1, 0.15) is 5.82 Å². The lowest BCUT2D eigenvalue weighted by atomic mass is 10.2. The van der Waals surface area contributed by atoms with Crippen molar-refractivity contribution in [1.29, 1.82) is 5.41 Å². The van der Waals surface area contributed by atoms with Crippen molar-refractivity contribution in [3.05, 3.63) is 66.0 Å². The second-order valence-electron chi connectivity index (χ2n) is 5.73. The number of aliphatic imine (C=N–C) groups is 1. The van der Waals surface area contributed by atoms with E-state index in [1.54, 1.807) is 24.7 Å².